The van der Waals surface area contributed by atoms with E-state index in [1.165, 1.54) is 16.9 Å². The average molecular weight is 366 g/mol. The molecule has 0 amide bonds. The minimum absolute atomic E-state index is 0. The van der Waals surface area contributed by atoms with Crippen molar-refractivity contribution in [3.05, 3.63) is 58.1 Å². The lowest BCUT2D eigenvalue weighted by atomic mass is 10.1. The molecule has 2 aromatic rings. The largest absolute Gasteiger partial charge is 0.382 e. The molecule has 0 bridgehead atoms. The van der Waals surface area contributed by atoms with Gasteiger partial charge in [0.2, 0.25) is 0 Å². The van der Waals surface area contributed by atoms with Gasteiger partial charge in [-0.15, -0.1) is 24.8 Å². The monoisotopic (exact) mass is 364 g/mol. The van der Waals surface area contributed by atoms with Gasteiger partial charge >= 0.3 is 0 Å². The lowest BCUT2D eigenvalue weighted by molar-refractivity contribution is 0.787. The van der Waals surface area contributed by atoms with Crippen LogP contribution in [0.2, 0.25) is 10.0 Å². The van der Waals surface area contributed by atoms with Crippen molar-refractivity contribution < 1.29 is 0 Å². The van der Waals surface area contributed by atoms with E-state index in [-0.39, 0.29) is 24.8 Å². The van der Waals surface area contributed by atoms with Crippen LogP contribution in [-0.4, -0.2) is 13.1 Å². The number of nitrogens with zero attached hydrogens (tertiary/aromatic N) is 1. The standard InChI is InChI=1S/C15H14Cl2N2.2ClH/c16-12-6-5-11(9-13(12)17)10-19-8-7-18-14-3-1-2-4-15(14)19;;/h1-6,9,18H,7-8,10H2;2*1H. The second-order valence-corrected chi connectivity index (χ2v) is 5.43. The van der Waals surface area contributed by atoms with Gasteiger partial charge < -0.3 is 10.2 Å². The molecule has 1 aliphatic rings. The molecule has 0 atom stereocenters. The van der Waals surface area contributed by atoms with Crippen molar-refractivity contribution in [1.82, 2.24) is 0 Å². The molecule has 0 fully saturated rings. The molecule has 0 aliphatic carbocycles. The molecule has 3 rings (SSSR count). The predicted octanol–water partition coefficient (Wildman–Crippen LogP) is 5.27. The van der Waals surface area contributed by atoms with E-state index in [9.17, 15) is 0 Å². The van der Waals surface area contributed by atoms with Gasteiger partial charge in [0.05, 0.1) is 21.4 Å². The van der Waals surface area contributed by atoms with Crippen LogP contribution >= 0.6 is 48.0 Å². The number of anilines is 2. The molecule has 0 radical (unpaired) electrons. The van der Waals surface area contributed by atoms with Crippen LogP contribution in [-0.2, 0) is 6.54 Å². The first kappa shape index (κ1) is 18.2. The molecule has 1 heterocycles. The third-order valence-electron chi connectivity index (χ3n) is 3.30. The lowest BCUT2D eigenvalue weighted by Crippen LogP contribution is -2.33. The summed E-state index contributed by atoms with van der Waals surface area (Å²) in [5.41, 5.74) is 3.60. The second kappa shape index (κ2) is 8.00. The van der Waals surface area contributed by atoms with E-state index in [0.717, 1.165) is 19.6 Å². The van der Waals surface area contributed by atoms with Crippen molar-refractivity contribution in [1.29, 1.82) is 0 Å². The number of benzene rings is 2. The Kier molecular flexibility index (Phi) is 6.95. The molecule has 21 heavy (non-hydrogen) atoms. The SMILES string of the molecule is Cl.Cl.Clc1ccc(CN2CCNc3ccccc32)cc1Cl. The molecule has 0 unspecified atom stereocenters. The number of fused-ring (bicyclic) bond motifs is 1. The number of halogens is 4. The van der Waals surface area contributed by atoms with Crippen molar-refractivity contribution in [3.8, 4) is 0 Å². The predicted molar refractivity (Wildman–Crippen MR) is 96.9 cm³/mol. The summed E-state index contributed by atoms with van der Waals surface area (Å²) in [6, 6.07) is 14.2. The van der Waals surface area contributed by atoms with Crippen molar-refractivity contribution in [2.45, 2.75) is 6.54 Å². The van der Waals surface area contributed by atoms with Crippen LogP contribution < -0.4 is 10.2 Å². The molecule has 1 aliphatic heterocycles. The first-order chi connectivity index (χ1) is 9.24. The highest BCUT2D eigenvalue weighted by atomic mass is 35.5. The quantitative estimate of drug-likeness (QED) is 0.779. The number of hydrogen-bond acceptors (Lipinski definition) is 2. The molecular formula is C15H16Cl4N2. The minimum Gasteiger partial charge on any atom is -0.382 e. The summed E-state index contributed by atoms with van der Waals surface area (Å²) in [5, 5.41) is 4.63. The molecule has 2 aromatic carbocycles. The third-order valence-corrected chi connectivity index (χ3v) is 4.04. The highest BCUT2D eigenvalue weighted by Crippen LogP contribution is 2.30. The van der Waals surface area contributed by atoms with Crippen LogP contribution in [0.15, 0.2) is 42.5 Å². The molecule has 0 saturated carbocycles. The van der Waals surface area contributed by atoms with E-state index in [0.29, 0.717) is 10.0 Å². The lowest BCUT2D eigenvalue weighted by Gasteiger charge is -2.32. The molecular weight excluding hydrogens is 350 g/mol. The van der Waals surface area contributed by atoms with Gasteiger partial charge in [-0.25, -0.2) is 0 Å². The smallest absolute Gasteiger partial charge is 0.0605 e. The van der Waals surface area contributed by atoms with Crippen LogP contribution in [0.25, 0.3) is 0 Å². The highest BCUT2D eigenvalue weighted by molar-refractivity contribution is 6.42. The Labute approximate surface area is 147 Å². The first-order valence-corrected chi connectivity index (χ1v) is 7.01. The summed E-state index contributed by atoms with van der Waals surface area (Å²) in [5.74, 6) is 0. The van der Waals surface area contributed by atoms with Gasteiger partial charge in [0.15, 0.2) is 0 Å². The molecule has 6 heteroatoms. The second-order valence-electron chi connectivity index (χ2n) is 4.61. The molecule has 2 nitrogen and oxygen atoms in total. The zero-order valence-corrected chi connectivity index (χ0v) is 14.3. The van der Waals surface area contributed by atoms with Crippen LogP contribution in [0, 0.1) is 0 Å². The molecule has 1 N–H and O–H groups in total. The van der Waals surface area contributed by atoms with Crippen molar-refractivity contribution >= 4 is 59.4 Å². The van der Waals surface area contributed by atoms with Crippen molar-refractivity contribution in [2.24, 2.45) is 0 Å². The summed E-state index contributed by atoms with van der Waals surface area (Å²) in [7, 11) is 0. The topological polar surface area (TPSA) is 15.3 Å². The number of nitrogens with one attached hydrogen (secondary N) is 1. The van der Waals surface area contributed by atoms with Crippen LogP contribution in [0.3, 0.4) is 0 Å². The van der Waals surface area contributed by atoms with Crippen LogP contribution in [0.1, 0.15) is 5.56 Å². The molecule has 0 spiro atoms. The van der Waals surface area contributed by atoms with Crippen molar-refractivity contribution in [2.75, 3.05) is 23.3 Å². The fourth-order valence-electron chi connectivity index (χ4n) is 2.37. The van der Waals surface area contributed by atoms with E-state index in [4.69, 9.17) is 23.2 Å². The molecule has 0 aromatic heterocycles. The number of hydrogen-bond donors (Lipinski definition) is 1. The van der Waals surface area contributed by atoms with Gasteiger partial charge in [-0.1, -0.05) is 41.4 Å². The summed E-state index contributed by atoms with van der Waals surface area (Å²) in [6.45, 7) is 2.78. The van der Waals surface area contributed by atoms with Gasteiger partial charge in [-0.3, -0.25) is 0 Å². The average Bonchev–Trinajstić information content (AvgIpc) is 2.43. The molecule has 114 valence electrons. The Balaban J connectivity index is 0.00000110. The van der Waals surface area contributed by atoms with Gasteiger partial charge in [0.1, 0.15) is 0 Å². The maximum Gasteiger partial charge on any atom is 0.0605 e. The van der Waals surface area contributed by atoms with Gasteiger partial charge in [-0.05, 0) is 29.8 Å². The van der Waals surface area contributed by atoms with E-state index in [1.54, 1.807) is 0 Å². The van der Waals surface area contributed by atoms with Gasteiger partial charge in [0, 0.05) is 19.6 Å². The minimum atomic E-state index is 0. The van der Waals surface area contributed by atoms with E-state index in [1.807, 2.05) is 18.2 Å². The maximum atomic E-state index is 6.07. The fourth-order valence-corrected chi connectivity index (χ4v) is 2.69. The van der Waals surface area contributed by atoms with E-state index < -0.39 is 0 Å². The van der Waals surface area contributed by atoms with Gasteiger partial charge in [0.25, 0.3) is 0 Å². The summed E-state index contributed by atoms with van der Waals surface area (Å²) < 4.78 is 0. The Morgan fingerprint density at radius 3 is 2.52 bits per heavy atom. The highest BCUT2D eigenvalue weighted by Gasteiger charge is 2.16. The van der Waals surface area contributed by atoms with Crippen LogP contribution in [0.4, 0.5) is 11.4 Å². The maximum absolute atomic E-state index is 6.07. The fraction of sp³-hybridized carbons (Fsp3) is 0.200. The Morgan fingerprint density at radius 2 is 1.76 bits per heavy atom. The van der Waals surface area contributed by atoms with E-state index >= 15 is 0 Å². The number of para-hydroxylation sites is 2. The molecule has 0 saturated heterocycles. The summed E-state index contributed by atoms with van der Waals surface area (Å²) >= 11 is 12.0. The van der Waals surface area contributed by atoms with Gasteiger partial charge in [-0.2, -0.15) is 0 Å². The normalized spacial score (nSPS) is 12.6. The van der Waals surface area contributed by atoms with E-state index in [2.05, 4.69) is 34.5 Å². The summed E-state index contributed by atoms with van der Waals surface area (Å²) in [6.07, 6.45) is 0. The first-order valence-electron chi connectivity index (χ1n) is 6.26. The zero-order valence-electron chi connectivity index (χ0n) is 11.2. The van der Waals surface area contributed by atoms with Crippen LogP contribution in [0.5, 0.6) is 0 Å². The number of rotatable bonds is 2. The summed E-state index contributed by atoms with van der Waals surface area (Å²) in [4.78, 5) is 2.35. The third kappa shape index (κ3) is 4.10. The Bertz CT molecular complexity index is 604. The zero-order chi connectivity index (χ0) is 13.2. The Morgan fingerprint density at radius 1 is 1.00 bits per heavy atom. The Hall–Kier alpha value is -0.800. The van der Waals surface area contributed by atoms with Crippen molar-refractivity contribution in [3.63, 3.8) is 0 Å².